The largest absolute Gasteiger partial charge is 0.481 e. The smallest absolute Gasteiger partial charge is 0.330 e. The zero-order valence-corrected chi connectivity index (χ0v) is 22.6. The van der Waals surface area contributed by atoms with E-state index in [9.17, 15) is 19.5 Å². The van der Waals surface area contributed by atoms with Crippen molar-refractivity contribution in [1.29, 1.82) is 0 Å². The highest BCUT2D eigenvalue weighted by molar-refractivity contribution is 6.99. The van der Waals surface area contributed by atoms with Crippen LogP contribution < -0.4 is 21.6 Å². The number of nitrogens with one attached hydrogen (secondary N) is 1. The van der Waals surface area contributed by atoms with Crippen molar-refractivity contribution in [3.63, 3.8) is 0 Å². The second-order valence-electron chi connectivity index (χ2n) is 10.7. The second kappa shape index (κ2) is 10.6. The van der Waals surface area contributed by atoms with Gasteiger partial charge in [0.25, 0.3) is 13.9 Å². The lowest BCUT2D eigenvalue weighted by molar-refractivity contribution is -0.138. The number of carboxylic acid groups (broad SMARTS) is 1. The molecule has 0 aliphatic carbocycles. The van der Waals surface area contributed by atoms with Gasteiger partial charge < -0.3 is 14.3 Å². The third-order valence-electron chi connectivity index (χ3n) is 7.14. The van der Waals surface area contributed by atoms with Gasteiger partial charge in [0.15, 0.2) is 0 Å². The van der Waals surface area contributed by atoms with Gasteiger partial charge in [-0.1, -0.05) is 81.4 Å². The van der Waals surface area contributed by atoms with E-state index in [0.29, 0.717) is 12.0 Å². The van der Waals surface area contributed by atoms with Crippen molar-refractivity contribution in [2.45, 2.75) is 57.9 Å². The summed E-state index contributed by atoms with van der Waals surface area (Å²) in [6.07, 6.45) is 0.450. The SMILES string of the molecule is Cc1cn(C2C[C@H](CC(=O)O)[C@@H](CO[Si](c3ccccc3)(c3ccccc3)C(C)(C)C)O2)c(=O)[nH]c1=O. The first-order valence-electron chi connectivity index (χ1n) is 12.5. The first-order valence-corrected chi connectivity index (χ1v) is 14.4. The highest BCUT2D eigenvalue weighted by Crippen LogP contribution is 2.39. The fourth-order valence-electron chi connectivity index (χ4n) is 5.34. The van der Waals surface area contributed by atoms with Gasteiger partial charge in [-0.25, -0.2) is 4.79 Å². The van der Waals surface area contributed by atoms with E-state index >= 15 is 0 Å². The zero-order chi connectivity index (χ0) is 26.8. The molecule has 3 atom stereocenters. The lowest BCUT2D eigenvalue weighted by atomic mass is 9.97. The molecule has 1 saturated heterocycles. The molecule has 8 nitrogen and oxygen atoms in total. The van der Waals surface area contributed by atoms with Crippen LogP contribution in [0.25, 0.3) is 0 Å². The number of aryl methyl sites for hydroxylation is 1. The Hall–Kier alpha value is -3.27. The number of nitrogens with zero attached hydrogens (tertiary/aromatic N) is 1. The van der Waals surface area contributed by atoms with Crippen LogP contribution in [-0.2, 0) is 14.0 Å². The molecule has 1 aliphatic rings. The number of rotatable bonds is 8. The van der Waals surface area contributed by atoms with Gasteiger partial charge in [-0.05, 0) is 28.8 Å². The van der Waals surface area contributed by atoms with Gasteiger partial charge in [0.05, 0.1) is 19.1 Å². The van der Waals surface area contributed by atoms with Gasteiger partial charge in [0, 0.05) is 17.7 Å². The van der Waals surface area contributed by atoms with Crippen LogP contribution in [0.4, 0.5) is 0 Å². The molecule has 3 aromatic rings. The fourth-order valence-corrected chi connectivity index (χ4v) is 9.91. The van der Waals surface area contributed by atoms with E-state index in [1.807, 2.05) is 36.4 Å². The third-order valence-corrected chi connectivity index (χ3v) is 12.1. The topological polar surface area (TPSA) is 111 Å². The summed E-state index contributed by atoms with van der Waals surface area (Å²) in [5, 5.41) is 11.6. The number of aliphatic carboxylic acids is 1. The maximum atomic E-state index is 12.5. The van der Waals surface area contributed by atoms with E-state index in [1.165, 1.54) is 10.8 Å². The summed E-state index contributed by atoms with van der Waals surface area (Å²) in [5.41, 5.74) is -0.652. The molecular formula is C28H34N2O6Si. The van der Waals surface area contributed by atoms with E-state index in [4.69, 9.17) is 9.16 Å². The maximum absolute atomic E-state index is 12.5. The lowest BCUT2D eigenvalue weighted by Gasteiger charge is -2.43. The molecule has 2 N–H and O–H groups in total. The van der Waals surface area contributed by atoms with Gasteiger partial charge in [0.2, 0.25) is 0 Å². The predicted molar refractivity (Wildman–Crippen MR) is 144 cm³/mol. The normalized spacial score (nSPS) is 20.2. The van der Waals surface area contributed by atoms with Crippen LogP contribution in [0.3, 0.4) is 0 Å². The molecule has 1 fully saturated rings. The van der Waals surface area contributed by atoms with Crippen molar-refractivity contribution in [3.8, 4) is 0 Å². The Bertz CT molecular complexity index is 1310. The Morgan fingerprint density at radius 3 is 2.16 bits per heavy atom. The van der Waals surface area contributed by atoms with Crippen LogP contribution in [0.5, 0.6) is 0 Å². The first-order chi connectivity index (χ1) is 17.5. The van der Waals surface area contributed by atoms with E-state index in [0.717, 1.165) is 10.4 Å². The molecule has 0 bridgehead atoms. The number of carbonyl (C=O) groups is 1. The molecule has 4 rings (SSSR count). The van der Waals surface area contributed by atoms with Crippen LogP contribution in [0.15, 0.2) is 76.4 Å². The molecule has 196 valence electrons. The van der Waals surface area contributed by atoms with Gasteiger partial charge in [-0.3, -0.25) is 19.1 Å². The molecule has 0 radical (unpaired) electrons. The van der Waals surface area contributed by atoms with Crippen molar-refractivity contribution >= 4 is 24.7 Å². The minimum atomic E-state index is -2.86. The Morgan fingerprint density at radius 1 is 1.08 bits per heavy atom. The summed E-state index contributed by atoms with van der Waals surface area (Å²) < 4.78 is 14.6. The van der Waals surface area contributed by atoms with Gasteiger partial charge >= 0.3 is 11.7 Å². The maximum Gasteiger partial charge on any atom is 0.330 e. The van der Waals surface area contributed by atoms with Crippen LogP contribution in [0.2, 0.25) is 5.04 Å². The molecule has 1 aliphatic heterocycles. The first kappa shape index (κ1) is 26.8. The monoisotopic (exact) mass is 522 g/mol. The molecule has 1 unspecified atom stereocenters. The fraction of sp³-hybridized carbons (Fsp3) is 0.393. The highest BCUT2D eigenvalue weighted by Gasteiger charge is 2.51. The molecule has 2 aromatic carbocycles. The van der Waals surface area contributed by atoms with Gasteiger partial charge in [-0.2, -0.15) is 0 Å². The quantitative estimate of drug-likeness (QED) is 0.440. The third kappa shape index (κ3) is 5.39. The summed E-state index contributed by atoms with van der Waals surface area (Å²) in [6, 6.07) is 20.4. The average Bonchev–Trinajstić information content (AvgIpc) is 3.24. The molecule has 0 spiro atoms. The number of carboxylic acids is 1. The summed E-state index contributed by atoms with van der Waals surface area (Å²) >= 11 is 0. The Kier molecular flexibility index (Phi) is 7.68. The number of hydrogen-bond donors (Lipinski definition) is 2. The molecule has 37 heavy (non-hydrogen) atoms. The number of aromatic nitrogens is 2. The molecule has 2 heterocycles. The number of aromatic amines is 1. The van der Waals surface area contributed by atoms with E-state index in [2.05, 4.69) is 50.0 Å². The van der Waals surface area contributed by atoms with Crippen molar-refractivity contribution in [2.24, 2.45) is 5.92 Å². The van der Waals surface area contributed by atoms with Crippen LogP contribution >= 0.6 is 0 Å². The summed E-state index contributed by atoms with van der Waals surface area (Å²) in [7, 11) is -2.86. The van der Waals surface area contributed by atoms with Crippen molar-refractivity contribution in [3.05, 3.63) is 93.3 Å². The van der Waals surface area contributed by atoms with Crippen LogP contribution in [-0.4, -0.2) is 41.7 Å². The summed E-state index contributed by atoms with van der Waals surface area (Å²) in [4.78, 5) is 38.4. The van der Waals surface area contributed by atoms with Crippen LogP contribution in [0, 0.1) is 12.8 Å². The van der Waals surface area contributed by atoms with Crippen molar-refractivity contribution in [1.82, 2.24) is 9.55 Å². The summed E-state index contributed by atoms with van der Waals surface area (Å²) in [5.74, 6) is -1.30. The zero-order valence-electron chi connectivity index (χ0n) is 21.6. The standard InChI is InChI=1S/C28H34N2O6Si/c1-19-17-30(27(34)29-26(19)33)24-15-20(16-25(31)32)23(36-24)18-35-37(28(2,3)4,21-11-7-5-8-12-21)22-13-9-6-10-14-22/h5-14,17,20,23-24H,15-16,18H2,1-4H3,(H,31,32)(H,29,33,34)/t20-,23-,24?/m1/s1. The van der Waals surface area contributed by atoms with Crippen molar-refractivity contribution < 1.29 is 19.1 Å². The molecule has 0 amide bonds. The molecular weight excluding hydrogens is 488 g/mol. The van der Waals surface area contributed by atoms with Gasteiger partial charge in [0.1, 0.15) is 6.23 Å². The number of H-pyrrole nitrogens is 1. The van der Waals surface area contributed by atoms with Gasteiger partial charge in [-0.15, -0.1) is 0 Å². The molecule has 9 heteroatoms. The van der Waals surface area contributed by atoms with E-state index < -0.39 is 37.9 Å². The van der Waals surface area contributed by atoms with E-state index in [1.54, 1.807) is 6.92 Å². The predicted octanol–water partition coefficient (Wildman–Crippen LogP) is 2.80. The second-order valence-corrected chi connectivity index (χ2v) is 15.0. The summed E-state index contributed by atoms with van der Waals surface area (Å²) in [6.45, 7) is 8.32. The minimum Gasteiger partial charge on any atom is -0.481 e. The molecule has 0 saturated carbocycles. The highest BCUT2D eigenvalue weighted by atomic mass is 28.4. The average molecular weight is 523 g/mol. The molecule has 1 aromatic heterocycles. The van der Waals surface area contributed by atoms with Crippen molar-refractivity contribution in [2.75, 3.05) is 6.61 Å². The number of hydrogen-bond acceptors (Lipinski definition) is 5. The Morgan fingerprint density at radius 2 is 1.65 bits per heavy atom. The Labute approximate surface area is 217 Å². The minimum absolute atomic E-state index is 0.109. The Balaban J connectivity index is 1.71. The van der Waals surface area contributed by atoms with Crippen LogP contribution in [0.1, 0.15) is 45.4 Å². The number of ether oxygens (including phenoxy) is 1. The van der Waals surface area contributed by atoms with E-state index in [-0.39, 0.29) is 24.0 Å². The number of benzene rings is 2. The lowest BCUT2D eigenvalue weighted by Crippen LogP contribution is -2.67.